The summed E-state index contributed by atoms with van der Waals surface area (Å²) in [6, 6.07) is 11.7. The normalized spacial score (nSPS) is 26.8. The van der Waals surface area contributed by atoms with Crippen LogP contribution in [-0.2, 0) is 16.2 Å². The molecule has 4 atom stereocenters. The topological polar surface area (TPSA) is 59.0 Å². The number of amides is 2. The Bertz CT molecular complexity index is 1070. The van der Waals surface area contributed by atoms with Gasteiger partial charge in [0.1, 0.15) is 18.2 Å². The minimum atomic E-state index is -0.314. The van der Waals surface area contributed by atoms with Crippen molar-refractivity contribution in [1.82, 2.24) is 5.01 Å². The summed E-state index contributed by atoms with van der Waals surface area (Å²) >= 11 is 3.44. The highest BCUT2D eigenvalue weighted by atomic mass is 79.9. The van der Waals surface area contributed by atoms with E-state index in [0.29, 0.717) is 21.3 Å². The molecule has 2 bridgehead atoms. The number of hydrogen-bond donors (Lipinski definition) is 0. The number of allylic oxidation sites excluding steroid dienone is 2. The van der Waals surface area contributed by atoms with Gasteiger partial charge in [0.15, 0.2) is 0 Å². The fourth-order valence-electron chi connectivity index (χ4n) is 4.61. The maximum absolute atomic E-state index is 13.7. The number of rotatable bonds is 5. The number of imide groups is 1. The van der Waals surface area contributed by atoms with Gasteiger partial charge < -0.3 is 4.74 Å². The van der Waals surface area contributed by atoms with Crippen LogP contribution >= 0.6 is 15.9 Å². The second-order valence-corrected chi connectivity index (χ2v) is 8.66. The maximum Gasteiger partial charge on any atom is 0.254 e. The standard InChI is InChI=1S/C23H18BrFN2O3/c24-17-9-13(5-8-19(17)30-12-16-3-1-2-4-18(16)25)11-26-27-22(28)20-14-6-7-15(10-14)21(20)23(27)29/h1-9,11,14-15,20-21H,10,12H2/t14-,15-,20-,21+/m0/s1. The van der Waals surface area contributed by atoms with Gasteiger partial charge in [-0.25, -0.2) is 4.39 Å². The second kappa shape index (κ2) is 7.47. The van der Waals surface area contributed by atoms with Gasteiger partial charge in [-0.1, -0.05) is 30.4 Å². The first kappa shape index (κ1) is 19.2. The predicted molar refractivity (Wildman–Crippen MR) is 112 cm³/mol. The Kier molecular flexibility index (Phi) is 4.77. The number of fused-ring (bicyclic) bond motifs is 5. The zero-order chi connectivity index (χ0) is 20.8. The first-order valence-electron chi connectivity index (χ1n) is 9.79. The van der Waals surface area contributed by atoms with E-state index < -0.39 is 0 Å². The van der Waals surface area contributed by atoms with Crippen molar-refractivity contribution >= 4 is 34.0 Å². The molecule has 2 amide bonds. The quantitative estimate of drug-likeness (QED) is 0.373. The van der Waals surface area contributed by atoms with Crippen LogP contribution in [0.1, 0.15) is 17.5 Å². The maximum atomic E-state index is 13.7. The Labute approximate surface area is 181 Å². The van der Waals surface area contributed by atoms with Gasteiger partial charge >= 0.3 is 0 Å². The van der Waals surface area contributed by atoms with Crippen molar-refractivity contribution in [3.63, 3.8) is 0 Å². The highest BCUT2D eigenvalue weighted by Gasteiger charge is 2.59. The van der Waals surface area contributed by atoms with E-state index in [1.165, 1.54) is 12.3 Å². The fourth-order valence-corrected chi connectivity index (χ4v) is 5.12. The average molecular weight is 469 g/mol. The third-order valence-corrected chi connectivity index (χ3v) is 6.69. The second-order valence-electron chi connectivity index (χ2n) is 7.80. The molecule has 2 aromatic carbocycles. The summed E-state index contributed by atoms with van der Waals surface area (Å²) in [5.74, 6) is -0.361. The summed E-state index contributed by atoms with van der Waals surface area (Å²) < 4.78 is 20.1. The lowest BCUT2D eigenvalue weighted by Gasteiger charge is -2.13. The van der Waals surface area contributed by atoms with Gasteiger partial charge in [0.2, 0.25) is 0 Å². The Morgan fingerprint density at radius 2 is 1.80 bits per heavy atom. The number of hydrazone groups is 1. The van der Waals surface area contributed by atoms with E-state index in [2.05, 4.69) is 33.2 Å². The van der Waals surface area contributed by atoms with Crippen LogP contribution in [0.5, 0.6) is 5.75 Å². The molecule has 1 aliphatic heterocycles. The number of carbonyl (C=O) groups excluding carboxylic acids is 2. The van der Waals surface area contributed by atoms with Crippen molar-refractivity contribution < 1.29 is 18.7 Å². The van der Waals surface area contributed by atoms with Crippen LogP contribution in [0.15, 0.2) is 64.2 Å². The van der Waals surface area contributed by atoms with Crippen molar-refractivity contribution in [1.29, 1.82) is 0 Å². The lowest BCUT2D eigenvalue weighted by molar-refractivity contribution is -0.140. The molecule has 3 aliphatic rings. The number of hydrogen-bond acceptors (Lipinski definition) is 4. The molecule has 0 radical (unpaired) electrons. The Balaban J connectivity index is 1.27. The molecule has 0 aromatic heterocycles. The minimum absolute atomic E-state index is 0.106. The van der Waals surface area contributed by atoms with Crippen molar-refractivity contribution in [2.75, 3.05) is 0 Å². The fraction of sp³-hybridized carbons (Fsp3) is 0.261. The molecule has 152 valence electrons. The van der Waals surface area contributed by atoms with Gasteiger partial charge in [-0.05, 0) is 64.0 Å². The molecule has 1 heterocycles. The molecule has 2 aliphatic carbocycles. The monoisotopic (exact) mass is 468 g/mol. The Hall–Kier alpha value is -2.80. The summed E-state index contributed by atoms with van der Waals surface area (Å²) in [4.78, 5) is 25.3. The van der Waals surface area contributed by atoms with E-state index in [-0.39, 0.29) is 47.9 Å². The van der Waals surface area contributed by atoms with Gasteiger partial charge in [-0.2, -0.15) is 10.1 Å². The molecule has 0 N–H and O–H groups in total. The zero-order valence-corrected chi connectivity index (χ0v) is 17.5. The molecule has 0 unspecified atom stereocenters. The highest BCUT2D eigenvalue weighted by Crippen LogP contribution is 2.52. The van der Waals surface area contributed by atoms with Crippen molar-refractivity contribution in [2.45, 2.75) is 13.0 Å². The largest absolute Gasteiger partial charge is 0.488 e. The molecular formula is C23H18BrFN2O3. The summed E-state index contributed by atoms with van der Waals surface area (Å²) in [6.45, 7) is 0.106. The number of ether oxygens (including phenoxy) is 1. The summed E-state index contributed by atoms with van der Waals surface area (Å²) in [5.41, 5.74) is 1.17. The zero-order valence-electron chi connectivity index (χ0n) is 15.9. The number of carbonyl (C=O) groups is 2. The Morgan fingerprint density at radius 1 is 1.10 bits per heavy atom. The minimum Gasteiger partial charge on any atom is -0.488 e. The molecule has 0 spiro atoms. The molecule has 5 nitrogen and oxygen atoms in total. The Morgan fingerprint density at radius 3 is 2.47 bits per heavy atom. The third kappa shape index (κ3) is 3.17. The van der Waals surface area contributed by atoms with Crippen LogP contribution in [0.4, 0.5) is 4.39 Å². The lowest BCUT2D eigenvalue weighted by atomic mass is 9.85. The first-order valence-corrected chi connectivity index (χ1v) is 10.6. The number of nitrogens with zero attached hydrogens (tertiary/aromatic N) is 2. The molecule has 1 saturated carbocycles. The highest BCUT2D eigenvalue weighted by molar-refractivity contribution is 9.10. The summed E-state index contributed by atoms with van der Waals surface area (Å²) in [7, 11) is 0. The van der Waals surface area contributed by atoms with Gasteiger partial charge in [-0.15, -0.1) is 0 Å². The van der Waals surface area contributed by atoms with Crippen molar-refractivity contribution in [3.05, 3.63) is 76.0 Å². The van der Waals surface area contributed by atoms with E-state index in [1.54, 1.807) is 36.4 Å². The van der Waals surface area contributed by atoms with Crippen LogP contribution in [-0.4, -0.2) is 23.0 Å². The smallest absolute Gasteiger partial charge is 0.254 e. The van der Waals surface area contributed by atoms with E-state index in [9.17, 15) is 14.0 Å². The number of benzene rings is 2. The predicted octanol–water partition coefficient (Wildman–Crippen LogP) is 4.31. The average Bonchev–Trinajstić information content (AvgIpc) is 3.41. The van der Waals surface area contributed by atoms with Gasteiger partial charge in [0.25, 0.3) is 11.8 Å². The summed E-state index contributed by atoms with van der Waals surface area (Å²) in [6.07, 6.45) is 6.51. The molecule has 2 fully saturated rings. The first-order chi connectivity index (χ1) is 14.5. The van der Waals surface area contributed by atoms with E-state index in [0.717, 1.165) is 11.4 Å². The van der Waals surface area contributed by atoms with E-state index >= 15 is 0 Å². The van der Waals surface area contributed by atoms with E-state index in [4.69, 9.17) is 4.74 Å². The van der Waals surface area contributed by atoms with Crippen LogP contribution in [0.25, 0.3) is 0 Å². The van der Waals surface area contributed by atoms with E-state index in [1.807, 2.05) is 0 Å². The van der Waals surface area contributed by atoms with Crippen LogP contribution in [0.3, 0.4) is 0 Å². The molecule has 2 aromatic rings. The van der Waals surface area contributed by atoms with Gasteiger partial charge in [0.05, 0.1) is 22.5 Å². The third-order valence-electron chi connectivity index (χ3n) is 6.07. The van der Waals surface area contributed by atoms with Crippen molar-refractivity contribution in [3.8, 4) is 5.75 Å². The molecule has 1 saturated heterocycles. The molecule has 7 heteroatoms. The van der Waals surface area contributed by atoms with Crippen LogP contribution in [0.2, 0.25) is 0 Å². The van der Waals surface area contributed by atoms with Crippen molar-refractivity contribution in [2.24, 2.45) is 28.8 Å². The molecule has 5 rings (SSSR count). The van der Waals surface area contributed by atoms with Gasteiger partial charge in [-0.3, -0.25) is 9.59 Å². The molecule has 30 heavy (non-hydrogen) atoms. The summed E-state index contributed by atoms with van der Waals surface area (Å²) in [5, 5.41) is 5.21. The lowest BCUT2D eigenvalue weighted by Crippen LogP contribution is -2.28. The van der Waals surface area contributed by atoms with Crippen LogP contribution < -0.4 is 4.74 Å². The molecular weight excluding hydrogens is 451 g/mol. The SMILES string of the molecule is O=C1[C@@H]2[C@H](C(=O)N1N=Cc1ccc(OCc3ccccc3F)c(Br)c1)[C@H]1C=C[C@H]2C1. The van der Waals surface area contributed by atoms with Crippen LogP contribution in [0, 0.1) is 29.5 Å². The van der Waals surface area contributed by atoms with Gasteiger partial charge in [0, 0.05) is 5.56 Å². The number of halogens is 2.